The number of likely N-dealkylation sites (tertiary alicyclic amines) is 1. The summed E-state index contributed by atoms with van der Waals surface area (Å²) >= 11 is 0. The minimum atomic E-state index is 0. The average Bonchev–Trinajstić information content (AvgIpc) is 2.27. The molecule has 0 aromatic heterocycles. The standard InChI is InChI=1S/C7H14N2.V/c1-7(8)5-3-9(2)4-6(5)7;/h5-6H,3-4,8H2,1-2H3;. The van der Waals surface area contributed by atoms with Crippen LogP contribution in [0.5, 0.6) is 0 Å². The van der Waals surface area contributed by atoms with E-state index >= 15 is 0 Å². The van der Waals surface area contributed by atoms with Crippen molar-refractivity contribution in [3.63, 3.8) is 0 Å². The predicted molar refractivity (Wildman–Crippen MR) is 37.1 cm³/mol. The molecule has 1 saturated carbocycles. The van der Waals surface area contributed by atoms with Crippen molar-refractivity contribution in [2.75, 3.05) is 20.1 Å². The molecule has 2 atom stereocenters. The van der Waals surface area contributed by atoms with E-state index in [2.05, 4.69) is 18.9 Å². The molecule has 3 heteroatoms. The molecule has 2 N–H and O–H groups in total. The number of fused-ring (bicyclic) bond motifs is 1. The molecular weight excluding hydrogens is 163 g/mol. The number of hydrogen-bond acceptors (Lipinski definition) is 2. The molecule has 0 aromatic rings. The van der Waals surface area contributed by atoms with E-state index < -0.39 is 0 Å². The van der Waals surface area contributed by atoms with Gasteiger partial charge in [0.25, 0.3) is 0 Å². The third kappa shape index (κ3) is 0.946. The summed E-state index contributed by atoms with van der Waals surface area (Å²) in [5.74, 6) is 1.62. The maximum absolute atomic E-state index is 5.95. The summed E-state index contributed by atoms with van der Waals surface area (Å²) in [5.41, 5.74) is 6.15. The summed E-state index contributed by atoms with van der Waals surface area (Å²) < 4.78 is 0. The van der Waals surface area contributed by atoms with Gasteiger partial charge in [-0.2, -0.15) is 0 Å². The smallest absolute Gasteiger partial charge is 0.0215 e. The van der Waals surface area contributed by atoms with Crippen molar-refractivity contribution in [3.8, 4) is 0 Å². The van der Waals surface area contributed by atoms with Gasteiger partial charge in [0.15, 0.2) is 0 Å². The first-order chi connectivity index (χ1) is 4.12. The van der Waals surface area contributed by atoms with Gasteiger partial charge in [-0.3, -0.25) is 0 Å². The Balaban J connectivity index is 0.000000500. The fourth-order valence-electron chi connectivity index (χ4n) is 2.12. The normalized spacial score (nSPS) is 51.9. The zero-order valence-corrected chi connectivity index (χ0v) is 7.94. The van der Waals surface area contributed by atoms with E-state index in [4.69, 9.17) is 5.73 Å². The number of nitrogens with two attached hydrogens (primary N) is 1. The fourth-order valence-corrected chi connectivity index (χ4v) is 2.12. The molecule has 1 saturated heterocycles. The molecule has 2 unspecified atom stereocenters. The Labute approximate surface area is 74.0 Å². The minimum Gasteiger partial charge on any atom is -0.325 e. The number of nitrogens with zero attached hydrogens (tertiary/aromatic N) is 1. The van der Waals surface area contributed by atoms with Crippen LogP contribution in [0.15, 0.2) is 0 Å². The first-order valence-corrected chi connectivity index (χ1v) is 3.60. The Bertz CT molecular complexity index is 133. The average molecular weight is 177 g/mol. The molecule has 2 nitrogen and oxygen atoms in total. The summed E-state index contributed by atoms with van der Waals surface area (Å²) in [6.07, 6.45) is 0. The van der Waals surface area contributed by atoms with E-state index in [1.54, 1.807) is 0 Å². The summed E-state index contributed by atoms with van der Waals surface area (Å²) in [5, 5.41) is 0. The van der Waals surface area contributed by atoms with Gasteiger partial charge in [-0.05, 0) is 25.8 Å². The van der Waals surface area contributed by atoms with E-state index in [0.29, 0.717) is 0 Å². The molecule has 1 aliphatic carbocycles. The van der Waals surface area contributed by atoms with E-state index in [-0.39, 0.29) is 24.1 Å². The first kappa shape index (κ1) is 8.60. The molecule has 0 amide bonds. The maximum Gasteiger partial charge on any atom is 0.0215 e. The number of rotatable bonds is 0. The molecule has 10 heavy (non-hydrogen) atoms. The Morgan fingerprint density at radius 1 is 1.40 bits per heavy atom. The molecule has 57 valence electrons. The molecule has 0 spiro atoms. The van der Waals surface area contributed by atoms with Crippen molar-refractivity contribution in [1.82, 2.24) is 4.90 Å². The molecule has 1 aliphatic heterocycles. The monoisotopic (exact) mass is 177 g/mol. The van der Waals surface area contributed by atoms with Gasteiger partial charge in [0, 0.05) is 37.2 Å². The van der Waals surface area contributed by atoms with Crippen molar-refractivity contribution >= 4 is 0 Å². The Morgan fingerprint density at radius 3 is 2.10 bits per heavy atom. The molecule has 2 aliphatic rings. The van der Waals surface area contributed by atoms with Crippen molar-refractivity contribution in [2.24, 2.45) is 17.6 Å². The van der Waals surface area contributed by atoms with Crippen LogP contribution in [-0.2, 0) is 18.6 Å². The van der Waals surface area contributed by atoms with Crippen LogP contribution >= 0.6 is 0 Å². The largest absolute Gasteiger partial charge is 0.325 e. The van der Waals surface area contributed by atoms with Crippen LogP contribution < -0.4 is 5.73 Å². The van der Waals surface area contributed by atoms with Crippen LogP contribution in [0.2, 0.25) is 0 Å². The molecule has 2 rings (SSSR count). The topological polar surface area (TPSA) is 29.3 Å². The summed E-state index contributed by atoms with van der Waals surface area (Å²) in [6.45, 7) is 4.62. The van der Waals surface area contributed by atoms with Crippen LogP contribution in [0.25, 0.3) is 0 Å². The van der Waals surface area contributed by atoms with E-state index in [0.717, 1.165) is 11.8 Å². The molecule has 0 aromatic carbocycles. The van der Waals surface area contributed by atoms with Crippen molar-refractivity contribution in [3.05, 3.63) is 0 Å². The molecule has 2 fully saturated rings. The fraction of sp³-hybridized carbons (Fsp3) is 1.00. The minimum absolute atomic E-state index is 0. The van der Waals surface area contributed by atoms with Crippen LogP contribution in [0.1, 0.15) is 6.92 Å². The summed E-state index contributed by atoms with van der Waals surface area (Å²) in [6, 6.07) is 0. The van der Waals surface area contributed by atoms with Crippen LogP contribution in [0, 0.1) is 11.8 Å². The molecule has 1 radical (unpaired) electrons. The van der Waals surface area contributed by atoms with Gasteiger partial charge in [-0.15, -0.1) is 0 Å². The third-order valence-corrected chi connectivity index (χ3v) is 2.99. The Kier molecular flexibility index (Phi) is 1.93. The van der Waals surface area contributed by atoms with E-state index in [9.17, 15) is 0 Å². The van der Waals surface area contributed by atoms with Crippen molar-refractivity contribution < 1.29 is 18.6 Å². The Morgan fingerprint density at radius 2 is 1.80 bits per heavy atom. The maximum atomic E-state index is 5.95. The van der Waals surface area contributed by atoms with Gasteiger partial charge in [0.05, 0.1) is 0 Å². The summed E-state index contributed by atoms with van der Waals surface area (Å²) in [7, 11) is 2.17. The summed E-state index contributed by atoms with van der Waals surface area (Å²) in [4.78, 5) is 2.37. The van der Waals surface area contributed by atoms with Crippen LogP contribution in [0.4, 0.5) is 0 Å². The van der Waals surface area contributed by atoms with Gasteiger partial charge in [-0.1, -0.05) is 0 Å². The Hall–Kier alpha value is 0.504. The van der Waals surface area contributed by atoms with Gasteiger partial charge >= 0.3 is 0 Å². The number of piperidine rings is 1. The van der Waals surface area contributed by atoms with E-state index in [1.807, 2.05) is 0 Å². The molecule has 0 bridgehead atoms. The second-order valence-electron chi connectivity index (χ2n) is 3.80. The zero-order valence-electron chi connectivity index (χ0n) is 6.54. The third-order valence-electron chi connectivity index (χ3n) is 2.99. The molecule has 1 heterocycles. The van der Waals surface area contributed by atoms with Crippen molar-refractivity contribution in [1.29, 1.82) is 0 Å². The SMILES string of the molecule is CN1CC2C(C1)C2(C)N.[V]. The van der Waals surface area contributed by atoms with Crippen molar-refractivity contribution in [2.45, 2.75) is 12.5 Å². The van der Waals surface area contributed by atoms with Crippen LogP contribution in [-0.4, -0.2) is 30.6 Å². The van der Waals surface area contributed by atoms with Gasteiger partial charge in [0.2, 0.25) is 0 Å². The van der Waals surface area contributed by atoms with Gasteiger partial charge in [-0.25, -0.2) is 0 Å². The molecular formula is C7H14N2V. The zero-order chi connectivity index (χ0) is 6.65. The second-order valence-corrected chi connectivity index (χ2v) is 3.80. The van der Waals surface area contributed by atoms with Crippen LogP contribution in [0.3, 0.4) is 0 Å². The van der Waals surface area contributed by atoms with Gasteiger partial charge < -0.3 is 10.6 Å². The number of hydrogen-bond donors (Lipinski definition) is 1. The predicted octanol–water partition coefficient (Wildman–Crippen LogP) is -0.107. The first-order valence-electron chi connectivity index (χ1n) is 3.60. The van der Waals surface area contributed by atoms with Gasteiger partial charge in [0.1, 0.15) is 0 Å². The quantitative estimate of drug-likeness (QED) is 0.559. The van der Waals surface area contributed by atoms with E-state index in [1.165, 1.54) is 13.1 Å². The second kappa shape index (κ2) is 2.24.